The van der Waals surface area contributed by atoms with Gasteiger partial charge in [-0.05, 0) is 4.57 Å². The maximum Gasteiger partial charge on any atom is 0.521 e. The summed E-state index contributed by atoms with van der Waals surface area (Å²) in [6.45, 7) is 0.622. The van der Waals surface area contributed by atoms with E-state index >= 15 is 0 Å². The van der Waals surface area contributed by atoms with Crippen molar-refractivity contribution < 1.29 is 9.46 Å². The predicted octanol–water partition coefficient (Wildman–Crippen LogP) is -0.371. The lowest BCUT2D eigenvalue weighted by Crippen LogP contribution is -2.16. The minimum absolute atomic E-state index is 0.128. The van der Waals surface area contributed by atoms with Crippen LogP contribution in [0.3, 0.4) is 0 Å². The number of nitrogens with zero attached hydrogens (tertiary/aromatic N) is 2. The summed E-state index contributed by atoms with van der Waals surface area (Å²) in [6.07, 6.45) is 2.24. The summed E-state index contributed by atoms with van der Waals surface area (Å²) >= 11 is 0. The van der Waals surface area contributed by atoms with E-state index < -0.39 is 8.03 Å². The van der Waals surface area contributed by atoms with Crippen LogP contribution in [-0.4, -0.2) is 32.9 Å². The first-order valence-corrected chi connectivity index (χ1v) is 4.87. The third kappa shape index (κ3) is 3.52. The largest absolute Gasteiger partial charge is 0.521 e. The molecule has 0 bridgehead atoms. The molecule has 1 atom stereocenters. The first-order valence-electron chi connectivity index (χ1n) is 3.47. The van der Waals surface area contributed by atoms with Crippen LogP contribution in [0.4, 0.5) is 0 Å². The van der Waals surface area contributed by atoms with E-state index in [2.05, 4.69) is 20.5 Å². The van der Waals surface area contributed by atoms with Gasteiger partial charge in [-0.3, -0.25) is 10.4 Å². The van der Waals surface area contributed by atoms with Crippen LogP contribution in [0.5, 0.6) is 0 Å². The van der Waals surface area contributed by atoms with E-state index in [0.29, 0.717) is 13.0 Å². The summed E-state index contributed by atoms with van der Waals surface area (Å²) in [5, 5.41) is 9.16. The SMILES string of the molecule is O=[P+](O)CNCCc1ncn[nH]1. The fraction of sp³-hybridized carbons (Fsp3) is 0.600. The predicted molar refractivity (Wildman–Crippen MR) is 42.8 cm³/mol. The Hall–Kier alpha value is -0.840. The van der Waals surface area contributed by atoms with E-state index in [1.54, 1.807) is 0 Å². The molecule has 0 aromatic carbocycles. The van der Waals surface area contributed by atoms with E-state index in [1.807, 2.05) is 0 Å². The van der Waals surface area contributed by atoms with Crippen LogP contribution in [0.15, 0.2) is 6.33 Å². The summed E-state index contributed by atoms with van der Waals surface area (Å²) in [5.41, 5.74) is 0. The summed E-state index contributed by atoms with van der Waals surface area (Å²) in [5.74, 6) is 0.774. The maximum atomic E-state index is 10.2. The van der Waals surface area contributed by atoms with E-state index in [9.17, 15) is 4.57 Å². The number of rotatable bonds is 5. The molecule has 0 saturated heterocycles. The fourth-order valence-corrected chi connectivity index (χ4v) is 1.08. The Morgan fingerprint density at radius 3 is 3.17 bits per heavy atom. The Morgan fingerprint density at radius 1 is 1.75 bits per heavy atom. The van der Waals surface area contributed by atoms with Gasteiger partial charge in [-0.15, -0.1) is 0 Å². The Morgan fingerprint density at radius 2 is 2.58 bits per heavy atom. The molecule has 0 saturated carbocycles. The zero-order chi connectivity index (χ0) is 8.81. The molecule has 0 spiro atoms. The van der Waals surface area contributed by atoms with Gasteiger partial charge in [-0.25, -0.2) is 4.98 Å². The van der Waals surface area contributed by atoms with Crippen molar-refractivity contribution in [1.82, 2.24) is 20.5 Å². The van der Waals surface area contributed by atoms with E-state index in [0.717, 1.165) is 5.82 Å². The minimum atomic E-state index is -2.08. The van der Waals surface area contributed by atoms with Crippen molar-refractivity contribution in [3.63, 3.8) is 0 Å². The zero-order valence-electron chi connectivity index (χ0n) is 6.40. The molecule has 1 aromatic heterocycles. The molecular formula is C5H10N4O2P+. The highest BCUT2D eigenvalue weighted by atomic mass is 31.1. The van der Waals surface area contributed by atoms with Crippen molar-refractivity contribution in [2.75, 3.05) is 12.8 Å². The highest BCUT2D eigenvalue weighted by molar-refractivity contribution is 7.37. The third-order valence-corrected chi connectivity index (χ3v) is 1.74. The molecule has 1 heterocycles. The van der Waals surface area contributed by atoms with Crippen LogP contribution in [0, 0.1) is 0 Å². The van der Waals surface area contributed by atoms with Gasteiger partial charge in [0.25, 0.3) is 0 Å². The van der Waals surface area contributed by atoms with Gasteiger partial charge in [-0.1, -0.05) is 0 Å². The molecule has 1 unspecified atom stereocenters. The summed E-state index contributed by atoms with van der Waals surface area (Å²) in [4.78, 5) is 12.3. The van der Waals surface area contributed by atoms with Crippen molar-refractivity contribution in [2.24, 2.45) is 0 Å². The van der Waals surface area contributed by atoms with Gasteiger partial charge in [-0.2, -0.15) is 9.99 Å². The average molecular weight is 189 g/mol. The Labute approximate surface area is 70.3 Å². The standard InChI is InChI=1S/C5H9N4O2P/c10-12(11)4-6-2-1-5-7-3-8-9-5/h3,6H,1-2,4H2,(H-,7,8,9,10,11)/p+1. The van der Waals surface area contributed by atoms with Crippen molar-refractivity contribution >= 4 is 8.03 Å². The minimum Gasteiger partial charge on any atom is -0.273 e. The third-order valence-electron chi connectivity index (χ3n) is 1.25. The highest BCUT2D eigenvalue weighted by Gasteiger charge is 2.07. The van der Waals surface area contributed by atoms with Gasteiger partial charge in [0.15, 0.2) is 0 Å². The van der Waals surface area contributed by atoms with E-state index in [4.69, 9.17) is 4.89 Å². The smallest absolute Gasteiger partial charge is 0.273 e. The molecule has 0 radical (unpaired) electrons. The van der Waals surface area contributed by atoms with Crippen LogP contribution < -0.4 is 5.32 Å². The second-order valence-electron chi connectivity index (χ2n) is 2.19. The molecule has 66 valence electrons. The van der Waals surface area contributed by atoms with Gasteiger partial charge >= 0.3 is 8.03 Å². The lowest BCUT2D eigenvalue weighted by molar-refractivity contribution is 0.496. The lowest BCUT2D eigenvalue weighted by atomic mass is 10.4. The number of aromatic amines is 1. The van der Waals surface area contributed by atoms with Crippen LogP contribution >= 0.6 is 8.03 Å². The molecule has 6 nitrogen and oxygen atoms in total. The monoisotopic (exact) mass is 189 g/mol. The average Bonchev–Trinajstić information content (AvgIpc) is 2.49. The number of H-pyrrole nitrogens is 1. The Balaban J connectivity index is 2.07. The topological polar surface area (TPSA) is 90.9 Å². The Bertz CT molecular complexity index is 238. The van der Waals surface area contributed by atoms with E-state index in [1.165, 1.54) is 6.33 Å². The molecule has 1 rings (SSSR count). The number of aromatic nitrogens is 3. The first-order chi connectivity index (χ1) is 5.79. The number of hydrogen-bond donors (Lipinski definition) is 3. The maximum absolute atomic E-state index is 10.2. The van der Waals surface area contributed by atoms with Gasteiger partial charge < -0.3 is 0 Å². The van der Waals surface area contributed by atoms with Crippen molar-refractivity contribution in [1.29, 1.82) is 0 Å². The quantitative estimate of drug-likeness (QED) is 0.434. The molecule has 0 aliphatic carbocycles. The molecule has 0 aliphatic rings. The van der Waals surface area contributed by atoms with Crippen LogP contribution in [0.1, 0.15) is 5.82 Å². The van der Waals surface area contributed by atoms with E-state index in [-0.39, 0.29) is 6.29 Å². The molecule has 3 N–H and O–H groups in total. The Kier molecular flexibility index (Phi) is 3.79. The summed E-state index contributed by atoms with van der Waals surface area (Å²) < 4.78 is 10.2. The normalized spacial score (nSPS) is 11.6. The summed E-state index contributed by atoms with van der Waals surface area (Å²) in [7, 11) is -2.08. The fourth-order valence-electron chi connectivity index (χ4n) is 0.733. The summed E-state index contributed by atoms with van der Waals surface area (Å²) in [6, 6.07) is 0. The molecule has 12 heavy (non-hydrogen) atoms. The lowest BCUT2D eigenvalue weighted by Gasteiger charge is -1.93. The number of nitrogens with one attached hydrogen (secondary N) is 2. The molecule has 0 aliphatic heterocycles. The first kappa shape index (κ1) is 9.25. The van der Waals surface area contributed by atoms with Gasteiger partial charge in [0, 0.05) is 13.0 Å². The van der Waals surface area contributed by atoms with Crippen LogP contribution in [-0.2, 0) is 11.0 Å². The molecular weight excluding hydrogens is 179 g/mol. The van der Waals surface area contributed by atoms with Crippen LogP contribution in [0.25, 0.3) is 0 Å². The van der Waals surface area contributed by atoms with Crippen molar-refractivity contribution in [3.05, 3.63) is 12.2 Å². The molecule has 7 heteroatoms. The molecule has 0 amide bonds. The van der Waals surface area contributed by atoms with Gasteiger partial charge in [0.2, 0.25) is 6.29 Å². The van der Waals surface area contributed by atoms with Crippen LogP contribution in [0.2, 0.25) is 0 Å². The second kappa shape index (κ2) is 4.92. The van der Waals surface area contributed by atoms with Crippen molar-refractivity contribution in [3.8, 4) is 0 Å². The molecule has 1 aromatic rings. The highest BCUT2D eigenvalue weighted by Crippen LogP contribution is 2.07. The van der Waals surface area contributed by atoms with Gasteiger partial charge in [0.05, 0.1) is 0 Å². The van der Waals surface area contributed by atoms with Gasteiger partial charge in [0.1, 0.15) is 12.2 Å². The van der Waals surface area contributed by atoms with Crippen molar-refractivity contribution in [2.45, 2.75) is 6.42 Å². The number of hydrogen-bond acceptors (Lipinski definition) is 4. The second-order valence-corrected chi connectivity index (χ2v) is 3.21. The zero-order valence-corrected chi connectivity index (χ0v) is 7.29. The molecule has 0 fully saturated rings.